The van der Waals surface area contributed by atoms with Crippen LogP contribution in [0.2, 0.25) is 0 Å². The lowest BCUT2D eigenvalue weighted by Crippen LogP contribution is -2.43. The summed E-state index contributed by atoms with van der Waals surface area (Å²) in [5, 5.41) is 12.4. The molecule has 2 aliphatic rings. The Morgan fingerprint density at radius 1 is 1.21 bits per heavy atom. The monoisotopic (exact) mass is 257 g/mol. The van der Waals surface area contributed by atoms with Gasteiger partial charge >= 0.3 is 0 Å². The third-order valence-corrected chi connectivity index (χ3v) is 3.96. The molecular weight excluding hydrogens is 238 g/mol. The second-order valence-corrected chi connectivity index (χ2v) is 5.48. The maximum absolute atomic E-state index is 8.71. The van der Waals surface area contributed by atoms with Gasteiger partial charge in [-0.15, -0.1) is 0 Å². The molecule has 5 heteroatoms. The van der Waals surface area contributed by atoms with Crippen LogP contribution in [0.3, 0.4) is 0 Å². The standard InChI is InChI=1S/C14H19N5/c15-7-13-9-18-14(10-17-13)19-5-3-12(4-6-19)16-8-11-1-2-11/h9-12,16H,1-6,8H2. The van der Waals surface area contributed by atoms with Gasteiger partial charge in [0.15, 0.2) is 5.69 Å². The molecule has 0 spiro atoms. The van der Waals surface area contributed by atoms with Crippen LogP contribution in [0.4, 0.5) is 5.82 Å². The molecule has 0 atom stereocenters. The van der Waals surface area contributed by atoms with Crippen molar-refractivity contribution in [1.82, 2.24) is 15.3 Å². The zero-order valence-electron chi connectivity index (χ0n) is 11.0. The van der Waals surface area contributed by atoms with Crippen molar-refractivity contribution >= 4 is 5.82 Å². The van der Waals surface area contributed by atoms with Crippen LogP contribution in [-0.2, 0) is 0 Å². The van der Waals surface area contributed by atoms with E-state index < -0.39 is 0 Å². The maximum Gasteiger partial charge on any atom is 0.158 e. The molecule has 1 saturated heterocycles. The van der Waals surface area contributed by atoms with Crippen LogP contribution in [0, 0.1) is 17.2 Å². The molecule has 0 amide bonds. The number of hydrogen-bond donors (Lipinski definition) is 1. The largest absolute Gasteiger partial charge is 0.355 e. The molecule has 1 aliphatic heterocycles. The molecule has 0 bridgehead atoms. The lowest BCUT2D eigenvalue weighted by Gasteiger charge is -2.33. The molecule has 1 aromatic heterocycles. The van der Waals surface area contributed by atoms with E-state index in [1.165, 1.54) is 19.4 Å². The van der Waals surface area contributed by atoms with Crippen LogP contribution in [0.1, 0.15) is 31.4 Å². The van der Waals surface area contributed by atoms with Crippen molar-refractivity contribution < 1.29 is 0 Å². The molecule has 100 valence electrons. The highest BCUT2D eigenvalue weighted by Gasteiger charge is 2.24. The highest BCUT2D eigenvalue weighted by Crippen LogP contribution is 2.28. The van der Waals surface area contributed by atoms with Crippen LogP contribution in [0.5, 0.6) is 0 Å². The van der Waals surface area contributed by atoms with Crippen LogP contribution in [0.15, 0.2) is 12.4 Å². The Hall–Kier alpha value is -1.67. The van der Waals surface area contributed by atoms with Gasteiger partial charge in [-0.3, -0.25) is 0 Å². The SMILES string of the molecule is N#Cc1cnc(N2CCC(NCC3CC3)CC2)cn1. The molecule has 1 aromatic rings. The van der Waals surface area contributed by atoms with Gasteiger partial charge in [0.05, 0.1) is 12.4 Å². The summed E-state index contributed by atoms with van der Waals surface area (Å²) in [5.41, 5.74) is 0.379. The number of nitrogens with one attached hydrogen (secondary N) is 1. The van der Waals surface area contributed by atoms with Gasteiger partial charge in [-0.2, -0.15) is 5.26 Å². The number of rotatable bonds is 4. The minimum absolute atomic E-state index is 0.379. The van der Waals surface area contributed by atoms with Crippen molar-refractivity contribution in [2.45, 2.75) is 31.7 Å². The molecule has 2 heterocycles. The third-order valence-electron chi connectivity index (χ3n) is 3.96. The van der Waals surface area contributed by atoms with E-state index in [1.54, 1.807) is 12.4 Å². The fourth-order valence-electron chi connectivity index (χ4n) is 2.51. The number of nitriles is 1. The van der Waals surface area contributed by atoms with Crippen LogP contribution in [0.25, 0.3) is 0 Å². The average Bonchev–Trinajstić information content (AvgIpc) is 3.30. The molecule has 1 saturated carbocycles. The molecule has 19 heavy (non-hydrogen) atoms. The Morgan fingerprint density at radius 3 is 2.58 bits per heavy atom. The van der Waals surface area contributed by atoms with Crippen molar-refractivity contribution in [2.75, 3.05) is 24.5 Å². The minimum Gasteiger partial charge on any atom is -0.355 e. The zero-order valence-corrected chi connectivity index (χ0v) is 11.0. The molecule has 1 N–H and O–H groups in total. The van der Waals surface area contributed by atoms with Gasteiger partial charge in [-0.1, -0.05) is 0 Å². The van der Waals surface area contributed by atoms with E-state index in [4.69, 9.17) is 5.26 Å². The topological polar surface area (TPSA) is 64.8 Å². The summed E-state index contributed by atoms with van der Waals surface area (Å²) in [6, 6.07) is 2.65. The normalized spacial score (nSPS) is 20.3. The predicted octanol–water partition coefficient (Wildman–Crippen LogP) is 1.32. The molecule has 0 unspecified atom stereocenters. The lowest BCUT2D eigenvalue weighted by atomic mass is 10.0. The van der Waals surface area contributed by atoms with Gasteiger partial charge in [0.2, 0.25) is 0 Å². The molecule has 2 fully saturated rings. The second-order valence-electron chi connectivity index (χ2n) is 5.48. The van der Waals surface area contributed by atoms with E-state index in [1.807, 2.05) is 6.07 Å². The van der Waals surface area contributed by atoms with Crippen molar-refractivity contribution in [1.29, 1.82) is 5.26 Å². The Labute approximate surface area is 113 Å². The molecule has 0 aromatic carbocycles. The van der Waals surface area contributed by atoms with Crippen molar-refractivity contribution in [3.63, 3.8) is 0 Å². The smallest absolute Gasteiger partial charge is 0.158 e. The van der Waals surface area contributed by atoms with E-state index in [0.29, 0.717) is 11.7 Å². The van der Waals surface area contributed by atoms with Crippen LogP contribution >= 0.6 is 0 Å². The van der Waals surface area contributed by atoms with E-state index >= 15 is 0 Å². The number of aromatic nitrogens is 2. The summed E-state index contributed by atoms with van der Waals surface area (Å²) in [5.74, 6) is 1.84. The first kappa shape index (κ1) is 12.4. The van der Waals surface area contributed by atoms with E-state index in [0.717, 1.165) is 37.7 Å². The van der Waals surface area contributed by atoms with Crippen molar-refractivity contribution in [3.05, 3.63) is 18.1 Å². The van der Waals surface area contributed by atoms with Gasteiger partial charge in [-0.05, 0) is 38.1 Å². The Bertz CT molecular complexity index is 452. The Kier molecular flexibility index (Phi) is 3.60. The number of piperidine rings is 1. The average molecular weight is 257 g/mol. The first-order chi connectivity index (χ1) is 9.35. The summed E-state index contributed by atoms with van der Waals surface area (Å²) in [6.07, 6.45) is 8.39. The molecule has 3 rings (SSSR count). The fourth-order valence-corrected chi connectivity index (χ4v) is 2.51. The van der Waals surface area contributed by atoms with Crippen LogP contribution < -0.4 is 10.2 Å². The highest BCUT2D eigenvalue weighted by molar-refractivity contribution is 5.37. The van der Waals surface area contributed by atoms with Crippen LogP contribution in [-0.4, -0.2) is 35.6 Å². The van der Waals surface area contributed by atoms with E-state index in [-0.39, 0.29) is 0 Å². The summed E-state index contributed by atoms with van der Waals surface area (Å²) in [7, 11) is 0. The first-order valence-electron chi connectivity index (χ1n) is 7.05. The van der Waals surface area contributed by atoms with Gasteiger partial charge in [0.25, 0.3) is 0 Å². The van der Waals surface area contributed by atoms with E-state index in [9.17, 15) is 0 Å². The quantitative estimate of drug-likeness (QED) is 0.881. The zero-order chi connectivity index (χ0) is 13.1. The lowest BCUT2D eigenvalue weighted by molar-refractivity contribution is 0.407. The van der Waals surface area contributed by atoms with E-state index in [2.05, 4.69) is 20.2 Å². The minimum atomic E-state index is 0.379. The number of anilines is 1. The first-order valence-corrected chi connectivity index (χ1v) is 7.05. The van der Waals surface area contributed by atoms with Gasteiger partial charge < -0.3 is 10.2 Å². The van der Waals surface area contributed by atoms with Gasteiger partial charge in [0, 0.05) is 19.1 Å². The summed E-state index contributed by atoms with van der Waals surface area (Å²) < 4.78 is 0. The Morgan fingerprint density at radius 2 is 2.00 bits per heavy atom. The third kappa shape index (κ3) is 3.21. The summed E-state index contributed by atoms with van der Waals surface area (Å²) >= 11 is 0. The van der Waals surface area contributed by atoms with Gasteiger partial charge in [0.1, 0.15) is 11.9 Å². The Balaban J connectivity index is 1.49. The van der Waals surface area contributed by atoms with Crippen molar-refractivity contribution in [3.8, 4) is 6.07 Å². The number of hydrogen-bond acceptors (Lipinski definition) is 5. The summed E-state index contributed by atoms with van der Waals surface area (Å²) in [4.78, 5) is 10.6. The molecule has 0 radical (unpaired) electrons. The second kappa shape index (κ2) is 5.54. The highest BCUT2D eigenvalue weighted by atomic mass is 15.2. The number of nitrogens with zero attached hydrogens (tertiary/aromatic N) is 4. The fraction of sp³-hybridized carbons (Fsp3) is 0.643. The van der Waals surface area contributed by atoms with Gasteiger partial charge in [-0.25, -0.2) is 9.97 Å². The maximum atomic E-state index is 8.71. The molecular formula is C14H19N5. The molecule has 1 aliphatic carbocycles. The molecule has 5 nitrogen and oxygen atoms in total. The predicted molar refractivity (Wildman–Crippen MR) is 72.7 cm³/mol. The van der Waals surface area contributed by atoms with Crippen molar-refractivity contribution in [2.24, 2.45) is 5.92 Å². The summed E-state index contributed by atoms with van der Waals surface area (Å²) in [6.45, 7) is 3.23.